The zero-order valence-corrected chi connectivity index (χ0v) is 12.3. The fraction of sp³-hybridized carbons (Fsp3) is 0.545. The number of anilines is 1. The fourth-order valence-corrected chi connectivity index (χ4v) is 3.34. The van der Waals surface area contributed by atoms with E-state index in [2.05, 4.69) is 4.98 Å². The summed E-state index contributed by atoms with van der Waals surface area (Å²) in [6.07, 6.45) is 1.24. The van der Waals surface area contributed by atoms with E-state index in [4.69, 9.17) is 17.3 Å². The predicted octanol–water partition coefficient (Wildman–Crippen LogP) is 1.98. The molecule has 0 spiro atoms. The summed E-state index contributed by atoms with van der Waals surface area (Å²) in [6, 6.07) is 1.34. The SMILES string of the molecule is CCN(CC(C)C)S(=O)(=O)c1cnc(N)c(Cl)c1. The third-order valence-electron chi connectivity index (χ3n) is 2.40. The Labute approximate surface area is 113 Å². The molecule has 0 bridgehead atoms. The molecule has 2 N–H and O–H groups in total. The lowest BCUT2D eigenvalue weighted by Gasteiger charge is -2.22. The van der Waals surface area contributed by atoms with Gasteiger partial charge in [0, 0.05) is 19.3 Å². The van der Waals surface area contributed by atoms with Gasteiger partial charge in [-0.25, -0.2) is 13.4 Å². The number of pyridine rings is 1. The van der Waals surface area contributed by atoms with Gasteiger partial charge in [-0.2, -0.15) is 4.31 Å². The summed E-state index contributed by atoms with van der Waals surface area (Å²) in [6.45, 7) is 6.59. The lowest BCUT2D eigenvalue weighted by molar-refractivity contribution is 0.381. The first-order valence-corrected chi connectivity index (χ1v) is 7.52. The molecule has 0 aliphatic heterocycles. The van der Waals surface area contributed by atoms with Crippen LogP contribution in [-0.4, -0.2) is 30.8 Å². The van der Waals surface area contributed by atoms with Gasteiger partial charge in [0.1, 0.15) is 10.7 Å². The van der Waals surface area contributed by atoms with Gasteiger partial charge in [0.2, 0.25) is 10.0 Å². The second kappa shape index (κ2) is 5.86. The van der Waals surface area contributed by atoms with Crippen molar-refractivity contribution in [3.05, 3.63) is 17.3 Å². The molecule has 0 amide bonds. The summed E-state index contributed by atoms with van der Waals surface area (Å²) in [4.78, 5) is 3.85. The summed E-state index contributed by atoms with van der Waals surface area (Å²) in [7, 11) is -3.55. The van der Waals surface area contributed by atoms with Crippen molar-refractivity contribution in [2.45, 2.75) is 25.7 Å². The van der Waals surface area contributed by atoms with Crippen molar-refractivity contribution in [2.24, 2.45) is 5.92 Å². The number of rotatable bonds is 5. The molecule has 0 atom stereocenters. The number of nitrogen functional groups attached to an aromatic ring is 1. The number of hydrogen-bond donors (Lipinski definition) is 1. The first-order valence-electron chi connectivity index (χ1n) is 5.70. The highest BCUT2D eigenvalue weighted by Gasteiger charge is 2.24. The van der Waals surface area contributed by atoms with Crippen LogP contribution in [0.2, 0.25) is 5.02 Å². The molecule has 102 valence electrons. The Kier molecular flexibility index (Phi) is 4.95. The van der Waals surface area contributed by atoms with Gasteiger partial charge in [0.15, 0.2) is 0 Å². The molecule has 0 saturated carbocycles. The molecule has 0 unspecified atom stereocenters. The van der Waals surface area contributed by atoms with E-state index in [0.717, 1.165) is 0 Å². The second-order valence-electron chi connectivity index (χ2n) is 4.39. The number of nitrogens with zero attached hydrogens (tertiary/aromatic N) is 2. The van der Waals surface area contributed by atoms with E-state index in [9.17, 15) is 8.42 Å². The molecule has 18 heavy (non-hydrogen) atoms. The summed E-state index contributed by atoms with van der Waals surface area (Å²) < 4.78 is 26.1. The zero-order valence-electron chi connectivity index (χ0n) is 10.7. The van der Waals surface area contributed by atoms with Crippen LogP contribution in [0, 0.1) is 5.92 Å². The molecule has 0 fully saturated rings. The van der Waals surface area contributed by atoms with Gasteiger partial charge >= 0.3 is 0 Å². The molecule has 5 nitrogen and oxygen atoms in total. The largest absolute Gasteiger partial charge is 0.382 e. The van der Waals surface area contributed by atoms with Crippen molar-refractivity contribution in [1.82, 2.24) is 9.29 Å². The number of aromatic nitrogens is 1. The lowest BCUT2D eigenvalue weighted by atomic mass is 10.2. The van der Waals surface area contributed by atoms with E-state index in [-0.39, 0.29) is 21.7 Å². The third kappa shape index (κ3) is 3.34. The third-order valence-corrected chi connectivity index (χ3v) is 4.61. The van der Waals surface area contributed by atoms with E-state index < -0.39 is 10.0 Å². The van der Waals surface area contributed by atoms with Crippen molar-refractivity contribution < 1.29 is 8.42 Å². The van der Waals surface area contributed by atoms with E-state index in [0.29, 0.717) is 13.1 Å². The van der Waals surface area contributed by atoms with Crippen LogP contribution in [0.3, 0.4) is 0 Å². The molecule has 7 heteroatoms. The van der Waals surface area contributed by atoms with Gasteiger partial charge in [-0.05, 0) is 12.0 Å². The maximum Gasteiger partial charge on any atom is 0.244 e. The van der Waals surface area contributed by atoms with Crippen molar-refractivity contribution >= 4 is 27.4 Å². The van der Waals surface area contributed by atoms with Crippen molar-refractivity contribution in [1.29, 1.82) is 0 Å². The summed E-state index contributed by atoms with van der Waals surface area (Å²) in [5, 5.41) is 0.150. The maximum atomic E-state index is 12.3. The van der Waals surface area contributed by atoms with Crippen LogP contribution < -0.4 is 5.73 Å². The highest BCUT2D eigenvalue weighted by molar-refractivity contribution is 7.89. The maximum absolute atomic E-state index is 12.3. The fourth-order valence-electron chi connectivity index (χ4n) is 1.53. The van der Waals surface area contributed by atoms with Crippen LogP contribution in [0.5, 0.6) is 0 Å². The molecule has 1 heterocycles. The number of sulfonamides is 1. The van der Waals surface area contributed by atoms with Crippen molar-refractivity contribution in [3.63, 3.8) is 0 Å². The number of nitrogens with two attached hydrogens (primary N) is 1. The monoisotopic (exact) mass is 291 g/mol. The van der Waals surface area contributed by atoms with Gasteiger partial charge in [-0.15, -0.1) is 0 Å². The topological polar surface area (TPSA) is 76.3 Å². The first-order chi connectivity index (χ1) is 8.28. The van der Waals surface area contributed by atoms with Crippen LogP contribution in [0.1, 0.15) is 20.8 Å². The van der Waals surface area contributed by atoms with E-state index in [1.165, 1.54) is 16.6 Å². The summed E-state index contributed by atoms with van der Waals surface area (Å²) in [5.41, 5.74) is 5.47. The van der Waals surface area contributed by atoms with E-state index in [1.807, 2.05) is 13.8 Å². The summed E-state index contributed by atoms with van der Waals surface area (Å²) in [5.74, 6) is 0.375. The standard InChI is InChI=1S/C11H18ClN3O2S/c1-4-15(7-8(2)3)18(16,17)9-5-10(12)11(13)14-6-9/h5-6,8H,4,7H2,1-3H3,(H2,13,14). The Morgan fingerprint density at radius 3 is 2.56 bits per heavy atom. The smallest absolute Gasteiger partial charge is 0.244 e. The number of hydrogen-bond acceptors (Lipinski definition) is 4. The Morgan fingerprint density at radius 2 is 2.11 bits per heavy atom. The molecule has 1 rings (SSSR count). The van der Waals surface area contributed by atoms with Gasteiger partial charge in [0.25, 0.3) is 0 Å². The van der Waals surface area contributed by atoms with Gasteiger partial charge < -0.3 is 5.73 Å². The quantitative estimate of drug-likeness (QED) is 0.900. The van der Waals surface area contributed by atoms with E-state index >= 15 is 0 Å². The van der Waals surface area contributed by atoms with Gasteiger partial charge in [-0.3, -0.25) is 0 Å². The molecule has 1 aromatic heterocycles. The lowest BCUT2D eigenvalue weighted by Crippen LogP contribution is -2.34. The minimum Gasteiger partial charge on any atom is -0.382 e. The van der Waals surface area contributed by atoms with Crippen molar-refractivity contribution in [3.8, 4) is 0 Å². The average molecular weight is 292 g/mol. The molecule has 0 aliphatic carbocycles. The van der Waals surface area contributed by atoms with Crippen LogP contribution in [0.25, 0.3) is 0 Å². The Morgan fingerprint density at radius 1 is 1.50 bits per heavy atom. The molecule has 0 aromatic carbocycles. The van der Waals surface area contributed by atoms with Gasteiger partial charge in [0.05, 0.1) is 5.02 Å². The normalized spacial score (nSPS) is 12.3. The predicted molar refractivity (Wildman–Crippen MR) is 72.9 cm³/mol. The van der Waals surface area contributed by atoms with Crippen LogP contribution in [-0.2, 0) is 10.0 Å². The van der Waals surface area contributed by atoms with Gasteiger partial charge in [-0.1, -0.05) is 32.4 Å². The second-order valence-corrected chi connectivity index (χ2v) is 6.73. The molecule has 1 aromatic rings. The van der Waals surface area contributed by atoms with Crippen molar-refractivity contribution in [2.75, 3.05) is 18.8 Å². The van der Waals surface area contributed by atoms with Crippen LogP contribution >= 0.6 is 11.6 Å². The average Bonchev–Trinajstić information content (AvgIpc) is 2.28. The highest BCUT2D eigenvalue weighted by atomic mass is 35.5. The van der Waals surface area contributed by atoms with Crippen LogP contribution in [0.4, 0.5) is 5.82 Å². The Balaban J connectivity index is 3.14. The molecule has 0 saturated heterocycles. The van der Waals surface area contributed by atoms with Crippen LogP contribution in [0.15, 0.2) is 17.2 Å². The first kappa shape index (κ1) is 15.2. The molecular weight excluding hydrogens is 274 g/mol. The highest BCUT2D eigenvalue weighted by Crippen LogP contribution is 2.22. The zero-order chi connectivity index (χ0) is 13.9. The number of halogens is 1. The minimum atomic E-state index is -3.55. The summed E-state index contributed by atoms with van der Waals surface area (Å²) >= 11 is 5.80. The molecular formula is C11H18ClN3O2S. The molecule has 0 aliphatic rings. The Hall–Kier alpha value is -0.850. The van der Waals surface area contributed by atoms with E-state index in [1.54, 1.807) is 6.92 Å². The Bertz CT molecular complexity index is 517. The molecule has 0 radical (unpaired) electrons. The minimum absolute atomic E-state index is 0.0733.